The number of aromatic nitrogens is 2. The second-order valence-corrected chi connectivity index (χ2v) is 7.19. The highest BCUT2D eigenvalue weighted by atomic mass is 19.2. The predicted octanol–water partition coefficient (Wildman–Crippen LogP) is 5.91. The molecule has 1 aliphatic rings. The molecule has 0 aliphatic carbocycles. The lowest BCUT2D eigenvalue weighted by Gasteiger charge is -2.10. The Morgan fingerprint density at radius 3 is 2.31 bits per heavy atom. The molecule has 0 amide bonds. The van der Waals surface area contributed by atoms with Crippen LogP contribution in [0.15, 0.2) is 42.5 Å². The molecular formula is C21H25FN2O2. The van der Waals surface area contributed by atoms with E-state index in [0.717, 1.165) is 22.4 Å². The number of aromatic amines is 1. The first-order valence-electron chi connectivity index (χ1n) is 8.90. The van der Waals surface area contributed by atoms with Crippen LogP contribution in [0.1, 0.15) is 57.8 Å². The first-order valence-corrected chi connectivity index (χ1v) is 8.90. The van der Waals surface area contributed by atoms with E-state index in [-0.39, 0.29) is 0 Å². The number of para-hydroxylation sites is 2. The van der Waals surface area contributed by atoms with Crippen LogP contribution in [0.5, 0.6) is 11.5 Å². The maximum absolute atomic E-state index is 13.3. The molecule has 0 bridgehead atoms. The molecule has 2 heterocycles. The molecule has 4 rings (SSSR count). The average Bonchev–Trinajstić information content (AvgIpc) is 3.13. The van der Waals surface area contributed by atoms with E-state index in [1.807, 2.05) is 36.4 Å². The van der Waals surface area contributed by atoms with E-state index in [0.29, 0.717) is 23.3 Å². The minimum atomic E-state index is -2.02. The van der Waals surface area contributed by atoms with Crippen LogP contribution in [0.4, 0.5) is 4.39 Å². The fourth-order valence-electron chi connectivity index (χ4n) is 2.71. The average molecular weight is 356 g/mol. The number of hydrogen-bond acceptors (Lipinski definition) is 3. The van der Waals surface area contributed by atoms with E-state index in [9.17, 15) is 4.39 Å². The van der Waals surface area contributed by atoms with Crippen molar-refractivity contribution in [2.45, 2.75) is 52.5 Å². The van der Waals surface area contributed by atoms with E-state index in [1.165, 1.54) is 6.92 Å². The van der Waals surface area contributed by atoms with Crippen LogP contribution in [-0.4, -0.2) is 16.0 Å². The molecule has 2 aromatic carbocycles. The monoisotopic (exact) mass is 356 g/mol. The maximum Gasteiger partial charge on any atom is 0.404 e. The van der Waals surface area contributed by atoms with Crippen LogP contribution in [0.25, 0.3) is 11.0 Å². The Morgan fingerprint density at radius 1 is 0.962 bits per heavy atom. The van der Waals surface area contributed by atoms with Crippen molar-refractivity contribution in [3.63, 3.8) is 0 Å². The molecule has 0 fully saturated rings. The van der Waals surface area contributed by atoms with Crippen LogP contribution in [0.3, 0.4) is 0 Å². The van der Waals surface area contributed by atoms with Crippen molar-refractivity contribution >= 4 is 11.0 Å². The quantitative estimate of drug-likeness (QED) is 0.621. The Balaban J connectivity index is 0.000000152. The summed E-state index contributed by atoms with van der Waals surface area (Å²) >= 11 is 0. The summed E-state index contributed by atoms with van der Waals surface area (Å²) in [5.41, 5.74) is 3.30. The van der Waals surface area contributed by atoms with Gasteiger partial charge in [0.2, 0.25) is 0 Å². The van der Waals surface area contributed by atoms with Crippen molar-refractivity contribution in [1.29, 1.82) is 0 Å². The van der Waals surface area contributed by atoms with Gasteiger partial charge < -0.3 is 14.5 Å². The molecule has 4 nitrogen and oxygen atoms in total. The van der Waals surface area contributed by atoms with Gasteiger partial charge in [0.15, 0.2) is 11.5 Å². The highest BCUT2D eigenvalue weighted by molar-refractivity contribution is 5.74. The van der Waals surface area contributed by atoms with E-state index in [4.69, 9.17) is 9.47 Å². The van der Waals surface area contributed by atoms with Gasteiger partial charge in [0.25, 0.3) is 0 Å². The summed E-state index contributed by atoms with van der Waals surface area (Å²) in [6.07, 6.45) is 0. The number of nitrogens with one attached hydrogen (secondary N) is 1. The molecule has 1 aliphatic heterocycles. The Bertz CT molecular complexity index is 867. The van der Waals surface area contributed by atoms with E-state index in [2.05, 4.69) is 37.7 Å². The first-order chi connectivity index (χ1) is 12.2. The molecule has 0 saturated heterocycles. The van der Waals surface area contributed by atoms with Gasteiger partial charge in [-0.2, -0.15) is 4.39 Å². The summed E-state index contributed by atoms with van der Waals surface area (Å²) in [6, 6.07) is 11.6. The van der Waals surface area contributed by atoms with Crippen molar-refractivity contribution in [3.8, 4) is 11.5 Å². The number of halogens is 1. The summed E-state index contributed by atoms with van der Waals surface area (Å²) in [7, 11) is 0. The minimum Gasteiger partial charge on any atom is -0.423 e. The number of imidazole rings is 1. The maximum atomic E-state index is 13.3. The van der Waals surface area contributed by atoms with E-state index >= 15 is 0 Å². The molecule has 0 saturated carbocycles. The molecule has 26 heavy (non-hydrogen) atoms. The van der Waals surface area contributed by atoms with E-state index in [1.54, 1.807) is 6.07 Å². The Morgan fingerprint density at radius 2 is 1.65 bits per heavy atom. The van der Waals surface area contributed by atoms with Crippen LogP contribution in [-0.2, 0) is 0 Å². The van der Waals surface area contributed by atoms with Crippen LogP contribution >= 0.6 is 0 Å². The zero-order valence-electron chi connectivity index (χ0n) is 15.8. The van der Waals surface area contributed by atoms with Gasteiger partial charge in [-0.25, -0.2) is 4.98 Å². The second-order valence-electron chi connectivity index (χ2n) is 7.19. The summed E-state index contributed by atoms with van der Waals surface area (Å²) < 4.78 is 23.2. The highest BCUT2D eigenvalue weighted by Gasteiger charge is 2.36. The normalized spacial score (nSPS) is 18.3. The molecule has 0 spiro atoms. The van der Waals surface area contributed by atoms with Crippen LogP contribution in [0, 0.1) is 0 Å². The van der Waals surface area contributed by atoms with Gasteiger partial charge in [-0.05, 0) is 35.7 Å². The van der Waals surface area contributed by atoms with E-state index < -0.39 is 6.04 Å². The van der Waals surface area contributed by atoms with Gasteiger partial charge in [0.05, 0.1) is 11.0 Å². The van der Waals surface area contributed by atoms with Crippen molar-refractivity contribution in [2.75, 3.05) is 0 Å². The lowest BCUT2D eigenvalue weighted by molar-refractivity contribution is -0.173. The van der Waals surface area contributed by atoms with Crippen LogP contribution < -0.4 is 9.47 Å². The summed E-state index contributed by atoms with van der Waals surface area (Å²) in [4.78, 5) is 7.74. The predicted molar refractivity (Wildman–Crippen MR) is 101 cm³/mol. The second kappa shape index (κ2) is 6.98. The third kappa shape index (κ3) is 3.98. The number of ether oxygens (including phenoxy) is 2. The standard InChI is InChI=1S/C11H13FO2.C10H12N2/c1-7(2)8-4-5-9-10(6-8)14-11(3,12)13-9;1-7(2)10-11-8-5-3-4-6-9(8)12-10/h4-7H,1-3H3;3-7H,1-2H3,(H,11,12). The number of benzene rings is 2. The van der Waals surface area contributed by atoms with Gasteiger partial charge in [0.1, 0.15) is 5.82 Å². The third-order valence-electron chi connectivity index (χ3n) is 4.17. The van der Waals surface area contributed by atoms with Crippen molar-refractivity contribution in [2.24, 2.45) is 0 Å². The molecule has 3 aromatic rings. The van der Waals surface area contributed by atoms with Crippen molar-refractivity contribution < 1.29 is 13.9 Å². The van der Waals surface area contributed by atoms with Gasteiger partial charge in [-0.15, -0.1) is 0 Å². The van der Waals surface area contributed by atoms with Crippen molar-refractivity contribution in [1.82, 2.24) is 9.97 Å². The smallest absolute Gasteiger partial charge is 0.404 e. The highest BCUT2D eigenvalue weighted by Crippen LogP contribution is 2.41. The lowest BCUT2D eigenvalue weighted by Crippen LogP contribution is -2.27. The number of nitrogens with zero attached hydrogens (tertiary/aromatic N) is 1. The summed E-state index contributed by atoms with van der Waals surface area (Å²) in [5, 5.41) is 0. The molecule has 1 aromatic heterocycles. The van der Waals surface area contributed by atoms with Gasteiger partial charge in [0, 0.05) is 12.8 Å². The number of rotatable bonds is 2. The topological polar surface area (TPSA) is 47.1 Å². The van der Waals surface area contributed by atoms with Gasteiger partial charge >= 0.3 is 6.04 Å². The SMILES string of the molecule is CC(C)c1ccc2c(c1)OC(C)(F)O2.CC(C)c1nc2ccccc2[nH]1. The molecule has 1 unspecified atom stereocenters. The number of alkyl halides is 1. The van der Waals surface area contributed by atoms with Crippen molar-refractivity contribution in [3.05, 3.63) is 53.9 Å². The van der Waals surface area contributed by atoms with Crippen LogP contribution in [0.2, 0.25) is 0 Å². The molecule has 1 atom stereocenters. The Hall–Kier alpha value is -2.56. The Labute approximate surface area is 153 Å². The number of fused-ring (bicyclic) bond motifs is 2. The molecule has 1 N–H and O–H groups in total. The third-order valence-corrected chi connectivity index (χ3v) is 4.17. The minimum absolute atomic E-state index is 0.398. The largest absolute Gasteiger partial charge is 0.423 e. The first kappa shape index (κ1) is 18.2. The molecule has 0 radical (unpaired) electrons. The van der Waals surface area contributed by atoms with Gasteiger partial charge in [-0.1, -0.05) is 45.9 Å². The Kier molecular flexibility index (Phi) is 4.90. The lowest BCUT2D eigenvalue weighted by atomic mass is 10.0. The molecule has 138 valence electrons. The molecular weight excluding hydrogens is 331 g/mol. The number of H-pyrrole nitrogens is 1. The zero-order chi connectivity index (χ0) is 18.9. The number of hydrogen-bond donors (Lipinski definition) is 1. The van der Waals surface area contributed by atoms with Gasteiger partial charge in [-0.3, -0.25) is 0 Å². The summed E-state index contributed by atoms with van der Waals surface area (Å²) in [6.45, 7) is 9.68. The molecule has 5 heteroatoms. The zero-order valence-corrected chi connectivity index (χ0v) is 15.8. The summed E-state index contributed by atoms with van der Waals surface area (Å²) in [5.74, 6) is 2.89. The fourth-order valence-corrected chi connectivity index (χ4v) is 2.71. The fraction of sp³-hybridized carbons (Fsp3) is 0.381.